The predicted molar refractivity (Wildman–Crippen MR) is 589 cm³/mol. The summed E-state index contributed by atoms with van der Waals surface area (Å²) in [6, 6.07) is 164. The number of fused-ring (bicyclic) bond motifs is 27. The van der Waals surface area contributed by atoms with Crippen LogP contribution in [0.2, 0.25) is 0 Å². The molecule has 23 aromatic carbocycles. The van der Waals surface area contributed by atoms with Gasteiger partial charge in [-0.25, -0.2) is 0 Å². The fraction of sp³-hybridized carbons (Fsp3) is 0.0226. The number of hydrogen-bond acceptors (Lipinski definition) is 9. The molecule has 30 rings (SSSR count). The van der Waals surface area contributed by atoms with E-state index in [1.807, 2.05) is 12.1 Å². The minimum absolute atomic E-state index is 0.188. The minimum atomic E-state index is -0.188. The molecule has 664 valence electrons. The first-order valence-corrected chi connectivity index (χ1v) is 48.5. The van der Waals surface area contributed by atoms with Crippen molar-refractivity contribution in [3.05, 3.63) is 466 Å². The lowest BCUT2D eigenvalue weighted by molar-refractivity contribution is 0.660. The topological polar surface area (TPSA) is 88.6 Å². The first-order valence-electron chi connectivity index (χ1n) is 48.5. The van der Waals surface area contributed by atoms with Crippen molar-refractivity contribution in [2.75, 3.05) is 14.7 Å². The smallest absolute Gasteiger partial charge is 0.137 e. The van der Waals surface area contributed by atoms with Crippen molar-refractivity contribution >= 4 is 226 Å². The summed E-state index contributed by atoms with van der Waals surface area (Å²) in [6.07, 6.45) is 0. The van der Waals surface area contributed by atoms with Gasteiger partial charge in [-0.2, -0.15) is 0 Å². The fourth-order valence-electron chi connectivity index (χ4n) is 23.4. The van der Waals surface area contributed by atoms with Crippen molar-refractivity contribution in [1.82, 2.24) is 0 Å². The SMILES string of the molecule is CC1(C)c2ccccc2-c2c(N(c3ccc4c(c3)oc3ccccc34)c3ccc4c(c3)oc3ccc(-c5cccc(-c6ccc7c(c6)oc6cc(N(c8ccc9c(c8)oc8cccc(-c%10ccc(-c%11ccc%12c(c%11)oc%11cc(N(c%13ccc%14c(c%13)oc%13ccc(-c%15ccccc%15)cc%13%14)c%13cc%14ccccc%14c%14ccccc%13%14)ccc%11%12)cc%10)c89)c8cc9ccccc9c9ccccc89)ccc67)c5)cc34)cccc21. The Hall–Kier alpha value is -18.7. The Morgan fingerprint density at radius 3 is 1.01 bits per heavy atom. The Kier molecular flexibility index (Phi) is 17.2. The van der Waals surface area contributed by atoms with E-state index in [4.69, 9.17) is 26.5 Å². The summed E-state index contributed by atoms with van der Waals surface area (Å²) in [5, 5.41) is 22.0. The number of para-hydroxylation sites is 1. The van der Waals surface area contributed by atoms with Crippen molar-refractivity contribution in [2.24, 2.45) is 0 Å². The van der Waals surface area contributed by atoms with Crippen molar-refractivity contribution in [2.45, 2.75) is 19.3 Å². The number of benzene rings is 23. The van der Waals surface area contributed by atoms with Crippen LogP contribution >= 0.6 is 0 Å². The molecule has 0 atom stereocenters. The quantitative estimate of drug-likeness (QED) is 0.0988. The Labute approximate surface area is 813 Å². The number of nitrogens with zero attached hydrogens (tertiary/aromatic N) is 3. The highest BCUT2D eigenvalue weighted by Crippen LogP contribution is 2.57. The van der Waals surface area contributed by atoms with Gasteiger partial charge in [-0.05, 0) is 262 Å². The molecule has 0 bridgehead atoms. The molecule has 1 aliphatic rings. The maximum atomic E-state index is 7.10. The zero-order valence-electron chi connectivity index (χ0n) is 77.1. The molecule has 6 aromatic heterocycles. The molecule has 0 radical (unpaired) electrons. The molecule has 0 saturated carbocycles. The lowest BCUT2D eigenvalue weighted by Gasteiger charge is -2.28. The summed E-state index contributed by atoms with van der Waals surface area (Å²) in [4.78, 5) is 7.11. The van der Waals surface area contributed by atoms with Gasteiger partial charge in [0.05, 0.1) is 17.1 Å². The Balaban J connectivity index is 0.465. The van der Waals surface area contributed by atoms with Crippen LogP contribution < -0.4 is 14.7 Å². The lowest BCUT2D eigenvalue weighted by Crippen LogP contribution is -2.16. The summed E-state index contributed by atoms with van der Waals surface area (Å²) in [6.45, 7) is 4.68. The van der Waals surface area contributed by atoms with E-state index < -0.39 is 0 Å². The van der Waals surface area contributed by atoms with Crippen LogP contribution in [-0.2, 0) is 5.41 Å². The minimum Gasteiger partial charge on any atom is -0.456 e. The van der Waals surface area contributed by atoms with E-state index in [0.29, 0.717) is 0 Å². The third kappa shape index (κ3) is 12.3. The van der Waals surface area contributed by atoms with Crippen LogP contribution in [0, 0.1) is 0 Å². The van der Waals surface area contributed by atoms with Crippen LogP contribution in [0.15, 0.2) is 481 Å². The van der Waals surface area contributed by atoms with Gasteiger partial charge in [0.2, 0.25) is 0 Å². The van der Waals surface area contributed by atoms with Gasteiger partial charge in [-0.1, -0.05) is 275 Å². The molecule has 6 heterocycles. The first kappa shape index (κ1) is 79.5. The van der Waals surface area contributed by atoms with E-state index >= 15 is 0 Å². The van der Waals surface area contributed by atoms with Crippen LogP contribution in [0.5, 0.6) is 0 Å². The maximum absolute atomic E-state index is 7.10. The Bertz CT molecular complexity index is 10400. The van der Waals surface area contributed by atoms with Gasteiger partial charge in [0.25, 0.3) is 0 Å². The van der Waals surface area contributed by atoms with Gasteiger partial charge in [0.15, 0.2) is 0 Å². The van der Waals surface area contributed by atoms with E-state index in [1.165, 1.54) is 49.4 Å². The fourth-order valence-corrected chi connectivity index (χ4v) is 23.4. The highest BCUT2D eigenvalue weighted by atomic mass is 16.3. The normalized spacial score (nSPS) is 12.6. The van der Waals surface area contributed by atoms with Gasteiger partial charge in [0, 0.05) is 157 Å². The molecule has 0 aliphatic heterocycles. The monoisotopic (exact) mass is 1820 g/mol. The van der Waals surface area contributed by atoms with Gasteiger partial charge in [-0.3, -0.25) is 0 Å². The number of furan rings is 6. The van der Waals surface area contributed by atoms with Crippen LogP contribution in [0.4, 0.5) is 51.2 Å². The third-order valence-electron chi connectivity index (χ3n) is 30.2. The molecule has 0 fully saturated rings. The molecule has 0 amide bonds. The second-order valence-corrected chi connectivity index (χ2v) is 38.4. The molecule has 1 aliphatic carbocycles. The van der Waals surface area contributed by atoms with Crippen molar-refractivity contribution < 1.29 is 26.5 Å². The van der Waals surface area contributed by atoms with E-state index in [0.717, 1.165) is 254 Å². The summed E-state index contributed by atoms with van der Waals surface area (Å²) >= 11 is 0. The summed E-state index contributed by atoms with van der Waals surface area (Å²) < 4.78 is 41.4. The second kappa shape index (κ2) is 30.7. The van der Waals surface area contributed by atoms with E-state index in [-0.39, 0.29) is 5.41 Å². The largest absolute Gasteiger partial charge is 0.456 e. The van der Waals surface area contributed by atoms with Crippen molar-refractivity contribution in [1.29, 1.82) is 0 Å². The van der Waals surface area contributed by atoms with Crippen LogP contribution in [0.25, 0.3) is 241 Å². The summed E-state index contributed by atoms with van der Waals surface area (Å²) in [7, 11) is 0. The molecule has 0 N–H and O–H groups in total. The first-order chi connectivity index (χ1) is 70.1. The molecule has 9 nitrogen and oxygen atoms in total. The molecular weight excluding hydrogens is 1740 g/mol. The number of hydrogen-bond donors (Lipinski definition) is 0. The van der Waals surface area contributed by atoms with Gasteiger partial charge < -0.3 is 41.2 Å². The van der Waals surface area contributed by atoms with Crippen LogP contribution in [0.1, 0.15) is 25.0 Å². The molecular formula is C133H81N3O6. The van der Waals surface area contributed by atoms with Crippen LogP contribution in [0.3, 0.4) is 0 Å². The molecule has 9 heteroatoms. The highest BCUT2D eigenvalue weighted by Gasteiger charge is 2.39. The van der Waals surface area contributed by atoms with Crippen molar-refractivity contribution in [3.8, 4) is 66.8 Å². The van der Waals surface area contributed by atoms with Crippen molar-refractivity contribution in [3.63, 3.8) is 0 Å². The van der Waals surface area contributed by atoms with E-state index in [1.54, 1.807) is 0 Å². The lowest BCUT2D eigenvalue weighted by atomic mass is 9.82. The standard InChI is InChI=1S/C133H81N3O6/c1-133(2)114-36-16-14-34-110(114)132-115(133)37-20-38-116(132)134(89-49-57-105-102-33-15-17-39-119(102)137-125(105)72-89)90-52-60-109-113-67-84(48-64-121(113)139-128(109)73-90)81-25-18-26-82(65-81)86-46-56-104-107-59-51-92(75-127(107)142-124(104)71-86)136(118-69-88-24-7-9-28-96(88)99-30-11-13-32-101(99)118)94-54-62-111-130(77-94)140-122-40-19-35-97(131(111)122)80-43-41-79(42-44-80)85-45-55-103-106-58-50-91(74-126(106)141-123(103)70-85)135(117-68-87-23-6-8-27-95(87)98-29-10-12-31-100(98)117)93-53-61-108-112-66-83(78-21-4-3-5-22-78)47-63-120(112)138-129(108)76-93/h3-77H,1-2H3. The van der Waals surface area contributed by atoms with Gasteiger partial charge in [-0.15, -0.1) is 0 Å². The average Bonchev–Trinajstić information content (AvgIpc) is 1.55. The maximum Gasteiger partial charge on any atom is 0.137 e. The number of rotatable bonds is 14. The zero-order valence-corrected chi connectivity index (χ0v) is 77.1. The molecule has 0 saturated heterocycles. The predicted octanol–water partition coefficient (Wildman–Crippen LogP) is 38.7. The van der Waals surface area contributed by atoms with Gasteiger partial charge in [0.1, 0.15) is 67.0 Å². The molecule has 0 unspecified atom stereocenters. The van der Waals surface area contributed by atoms with Gasteiger partial charge >= 0.3 is 0 Å². The van der Waals surface area contributed by atoms with Crippen LogP contribution in [-0.4, -0.2) is 0 Å². The average molecular weight is 1820 g/mol. The molecule has 0 spiro atoms. The third-order valence-corrected chi connectivity index (χ3v) is 30.2. The van der Waals surface area contributed by atoms with E-state index in [9.17, 15) is 0 Å². The molecule has 29 aromatic rings. The molecule has 142 heavy (non-hydrogen) atoms. The summed E-state index contributed by atoms with van der Waals surface area (Å²) in [5.41, 5.74) is 34.6. The zero-order chi connectivity index (χ0) is 93.3. The second-order valence-electron chi connectivity index (χ2n) is 38.4. The highest BCUT2D eigenvalue weighted by molar-refractivity contribution is 6.21. The number of anilines is 9. The Morgan fingerprint density at radius 2 is 0.472 bits per heavy atom. The summed E-state index contributed by atoms with van der Waals surface area (Å²) in [5.74, 6) is 0. The Morgan fingerprint density at radius 1 is 0.162 bits per heavy atom. The van der Waals surface area contributed by atoms with E-state index in [2.05, 4.69) is 471 Å².